The molecule has 0 saturated heterocycles. The minimum absolute atomic E-state index is 0.734. The molecular weight excluding hydrogens is 729 g/mol. The first-order valence-corrected chi connectivity index (χ1v) is 20.5. The van der Waals surface area contributed by atoms with Gasteiger partial charge in [0.1, 0.15) is 0 Å². The van der Waals surface area contributed by atoms with Crippen molar-refractivity contribution in [2.24, 2.45) is 0 Å². The molecule has 0 unspecified atom stereocenters. The van der Waals surface area contributed by atoms with Crippen LogP contribution < -0.4 is 0 Å². The van der Waals surface area contributed by atoms with E-state index in [0.717, 1.165) is 45.2 Å². The van der Waals surface area contributed by atoms with Gasteiger partial charge in [-0.05, 0) is 71.3 Å². The molecule has 3 heterocycles. The predicted octanol–water partition coefficient (Wildman–Crippen LogP) is 14.5. The molecule has 0 bridgehead atoms. The Morgan fingerprint density at radius 3 is 1.53 bits per heavy atom. The van der Waals surface area contributed by atoms with E-state index in [-0.39, 0.29) is 0 Å². The number of nitrogens with zero attached hydrogens (tertiary/aromatic N) is 4. The Morgan fingerprint density at radius 1 is 0.317 bits per heavy atom. The maximum Gasteiger partial charge on any atom is 0.160 e. The quantitative estimate of drug-likeness (QED) is 0.175. The predicted molar refractivity (Wildman–Crippen MR) is 249 cm³/mol. The number of para-hydroxylation sites is 3. The van der Waals surface area contributed by atoms with Crippen molar-refractivity contribution >= 4 is 54.4 Å². The van der Waals surface area contributed by atoms with Crippen LogP contribution in [-0.4, -0.2) is 19.1 Å². The molecule has 1 aliphatic carbocycles. The summed E-state index contributed by atoms with van der Waals surface area (Å²) in [7, 11) is 0. The van der Waals surface area contributed by atoms with Crippen molar-refractivity contribution in [3.8, 4) is 67.5 Å². The second kappa shape index (κ2) is 12.7. The van der Waals surface area contributed by atoms with Crippen LogP contribution >= 0.6 is 0 Å². The van der Waals surface area contributed by atoms with E-state index in [1.54, 1.807) is 0 Å². The Balaban J connectivity index is 1.00. The third-order valence-electron chi connectivity index (χ3n) is 12.5. The van der Waals surface area contributed by atoms with Crippen molar-refractivity contribution in [3.05, 3.63) is 206 Å². The Hall–Kier alpha value is -8.08. The first kappa shape index (κ1) is 32.9. The molecule has 13 rings (SSSR count). The summed E-state index contributed by atoms with van der Waals surface area (Å²) in [5.74, 6) is 0.734. The zero-order valence-electron chi connectivity index (χ0n) is 32.4. The van der Waals surface area contributed by atoms with Crippen LogP contribution in [0.3, 0.4) is 0 Å². The van der Waals surface area contributed by atoms with Gasteiger partial charge < -0.3 is 9.13 Å². The van der Waals surface area contributed by atoms with E-state index in [0.29, 0.717) is 0 Å². The fraction of sp³-hybridized carbons (Fsp3) is 0. The summed E-state index contributed by atoms with van der Waals surface area (Å²) in [6, 6.07) is 74.2. The van der Waals surface area contributed by atoms with Crippen LogP contribution in [0.15, 0.2) is 206 Å². The molecule has 60 heavy (non-hydrogen) atoms. The van der Waals surface area contributed by atoms with Gasteiger partial charge in [-0.15, -0.1) is 0 Å². The molecule has 1 aliphatic rings. The van der Waals surface area contributed by atoms with E-state index in [1.165, 1.54) is 76.8 Å². The normalized spacial score (nSPS) is 12.0. The highest BCUT2D eigenvalue weighted by Crippen LogP contribution is 2.52. The number of aromatic nitrogens is 4. The van der Waals surface area contributed by atoms with Crippen molar-refractivity contribution in [1.82, 2.24) is 19.1 Å². The molecule has 0 amide bonds. The van der Waals surface area contributed by atoms with Crippen LogP contribution in [0.2, 0.25) is 0 Å². The second-order valence-corrected chi connectivity index (χ2v) is 15.7. The first-order chi connectivity index (χ1) is 29.8. The van der Waals surface area contributed by atoms with Crippen molar-refractivity contribution in [2.75, 3.05) is 0 Å². The lowest BCUT2D eigenvalue weighted by molar-refractivity contribution is 1.18. The highest BCUT2D eigenvalue weighted by Gasteiger charge is 2.30. The Bertz CT molecular complexity index is 3690. The van der Waals surface area contributed by atoms with Gasteiger partial charge in [0.25, 0.3) is 0 Å². The molecule has 4 heteroatoms. The number of benzene rings is 9. The van der Waals surface area contributed by atoms with E-state index in [4.69, 9.17) is 9.97 Å². The molecule has 0 N–H and O–H groups in total. The number of rotatable bonds is 5. The molecule has 0 aliphatic heterocycles. The van der Waals surface area contributed by atoms with Crippen molar-refractivity contribution in [3.63, 3.8) is 0 Å². The van der Waals surface area contributed by atoms with Crippen molar-refractivity contribution in [1.29, 1.82) is 0 Å². The molecule has 0 fully saturated rings. The van der Waals surface area contributed by atoms with Crippen molar-refractivity contribution < 1.29 is 0 Å². The van der Waals surface area contributed by atoms with E-state index in [9.17, 15) is 0 Å². The largest absolute Gasteiger partial charge is 0.309 e. The monoisotopic (exact) mass is 762 g/mol. The number of hydrogen-bond acceptors (Lipinski definition) is 2. The zero-order valence-corrected chi connectivity index (χ0v) is 32.4. The second-order valence-electron chi connectivity index (χ2n) is 15.7. The maximum atomic E-state index is 5.31. The van der Waals surface area contributed by atoms with E-state index in [1.807, 2.05) is 6.07 Å². The van der Waals surface area contributed by atoms with Gasteiger partial charge in [-0.25, -0.2) is 9.97 Å². The molecule has 3 aromatic heterocycles. The van der Waals surface area contributed by atoms with Gasteiger partial charge in [0.15, 0.2) is 5.82 Å². The molecule has 0 saturated carbocycles. The van der Waals surface area contributed by atoms with Crippen molar-refractivity contribution in [2.45, 2.75) is 0 Å². The molecule has 9 aromatic carbocycles. The third-order valence-corrected chi connectivity index (χ3v) is 12.5. The third kappa shape index (κ3) is 4.73. The van der Waals surface area contributed by atoms with Gasteiger partial charge >= 0.3 is 0 Å². The molecule has 4 nitrogen and oxygen atoms in total. The van der Waals surface area contributed by atoms with Gasteiger partial charge in [0.2, 0.25) is 0 Å². The summed E-state index contributed by atoms with van der Waals surface area (Å²) in [6.45, 7) is 0. The summed E-state index contributed by atoms with van der Waals surface area (Å²) in [6.07, 6.45) is 0. The number of fused-ring (bicyclic) bond motifs is 9. The highest BCUT2D eigenvalue weighted by atomic mass is 15.0. The lowest BCUT2D eigenvalue weighted by Gasteiger charge is -2.14. The lowest BCUT2D eigenvalue weighted by Crippen LogP contribution is -1.97. The Morgan fingerprint density at radius 2 is 0.850 bits per heavy atom. The van der Waals surface area contributed by atoms with Crippen LogP contribution in [0.5, 0.6) is 0 Å². The molecule has 12 aromatic rings. The molecular formula is C56H34N4. The smallest absolute Gasteiger partial charge is 0.160 e. The topological polar surface area (TPSA) is 35.6 Å². The highest BCUT2D eigenvalue weighted by molar-refractivity contribution is 6.20. The van der Waals surface area contributed by atoms with Crippen LogP contribution in [0, 0.1) is 0 Å². The number of hydrogen-bond donors (Lipinski definition) is 0. The fourth-order valence-corrected chi connectivity index (χ4v) is 9.84. The first-order valence-electron chi connectivity index (χ1n) is 20.5. The minimum atomic E-state index is 0.734. The maximum absolute atomic E-state index is 5.31. The fourth-order valence-electron chi connectivity index (χ4n) is 9.84. The van der Waals surface area contributed by atoms with Crippen LogP contribution in [0.4, 0.5) is 0 Å². The molecule has 0 spiro atoms. The Kier molecular flexibility index (Phi) is 6.98. The SMILES string of the molecule is c1ccc(-c2nc(-c3ccccc3)c3c(n2)-c2cccc4c(-n5c6ccccc6c6cc(-c7ccc8c(c7)c7ccccc7n8-c7ccccc7)ccc65)ccc-3c24)cc1. The van der Waals surface area contributed by atoms with Crippen LogP contribution in [0.1, 0.15) is 0 Å². The molecule has 0 atom stereocenters. The van der Waals surface area contributed by atoms with Gasteiger partial charge in [-0.3, -0.25) is 0 Å². The standard InChI is InChI=1S/C56H34N4/c1-4-15-35(16-5-1)54-53-43-29-32-49(42-23-14-24-44(52(42)43)55(53)58-56(57-54)36-17-6-2-7-18-36)60-48-26-13-11-22-41(48)46-34-38(28-31-51(46)60)37-27-30-50-45(33-37)40-21-10-12-25-47(40)59(50)39-19-8-3-9-20-39/h1-34H. The van der Waals surface area contributed by atoms with Gasteiger partial charge in [0, 0.05) is 60.3 Å². The van der Waals surface area contributed by atoms with Gasteiger partial charge in [0.05, 0.1) is 39.1 Å². The van der Waals surface area contributed by atoms with Gasteiger partial charge in [-0.2, -0.15) is 0 Å². The van der Waals surface area contributed by atoms with E-state index >= 15 is 0 Å². The summed E-state index contributed by atoms with van der Waals surface area (Å²) >= 11 is 0. The zero-order chi connectivity index (χ0) is 39.3. The summed E-state index contributed by atoms with van der Waals surface area (Å²) in [5.41, 5.74) is 16.9. The minimum Gasteiger partial charge on any atom is -0.309 e. The average molecular weight is 763 g/mol. The lowest BCUT2D eigenvalue weighted by atomic mass is 9.98. The molecule has 278 valence electrons. The summed E-state index contributed by atoms with van der Waals surface area (Å²) in [4.78, 5) is 10.6. The summed E-state index contributed by atoms with van der Waals surface area (Å²) < 4.78 is 4.83. The van der Waals surface area contributed by atoms with E-state index < -0.39 is 0 Å². The average Bonchev–Trinajstić information content (AvgIpc) is 3.96. The van der Waals surface area contributed by atoms with Crippen LogP contribution in [0.25, 0.3) is 122 Å². The molecule has 0 radical (unpaired) electrons. The summed E-state index contributed by atoms with van der Waals surface area (Å²) in [5, 5.41) is 7.36. The van der Waals surface area contributed by atoms with Crippen LogP contribution in [-0.2, 0) is 0 Å². The van der Waals surface area contributed by atoms with E-state index in [2.05, 4.69) is 209 Å². The Labute approximate surface area is 345 Å². The van der Waals surface area contributed by atoms with Gasteiger partial charge in [-0.1, -0.05) is 152 Å².